The molecule has 1 unspecified atom stereocenters. The van der Waals surface area contributed by atoms with Gasteiger partial charge in [0, 0.05) is 17.8 Å². The van der Waals surface area contributed by atoms with Gasteiger partial charge in [-0.2, -0.15) is 0 Å². The zero-order valence-corrected chi connectivity index (χ0v) is 23.1. The first-order chi connectivity index (χ1) is 16.7. The molecule has 0 aromatic carbocycles. The van der Waals surface area contributed by atoms with E-state index in [2.05, 4.69) is 76.5 Å². The molecule has 5 rings (SSSR count). The topological polar surface area (TPSA) is 32.3 Å². The zero-order chi connectivity index (χ0) is 24.8. The van der Waals surface area contributed by atoms with Crippen molar-refractivity contribution >= 4 is 0 Å². The fourth-order valence-electron chi connectivity index (χ4n) is 9.81. The molecule has 0 aromatic heterocycles. The summed E-state index contributed by atoms with van der Waals surface area (Å²) >= 11 is 0. The lowest BCUT2D eigenvalue weighted by Crippen LogP contribution is -2.50. The molecule has 0 aromatic rings. The Morgan fingerprint density at radius 2 is 1.80 bits per heavy atom. The molecule has 35 heavy (non-hydrogen) atoms. The van der Waals surface area contributed by atoms with E-state index >= 15 is 0 Å². The molecule has 5 aliphatic rings. The molecule has 9 atom stereocenters. The predicted octanol–water partition coefficient (Wildman–Crippen LogP) is 8.17. The molecule has 0 amide bonds. The van der Waals surface area contributed by atoms with Crippen LogP contribution in [0.15, 0.2) is 47.9 Å². The van der Waals surface area contributed by atoms with E-state index in [0.717, 1.165) is 42.4 Å². The van der Waals surface area contributed by atoms with Crippen molar-refractivity contribution < 1.29 is 5.11 Å². The normalized spacial score (nSPS) is 42.2. The van der Waals surface area contributed by atoms with Crippen LogP contribution in [0.5, 0.6) is 0 Å². The Labute approximate surface area is 215 Å². The predicted molar refractivity (Wildman–Crippen MR) is 147 cm³/mol. The first-order valence-corrected chi connectivity index (χ1v) is 14.9. The van der Waals surface area contributed by atoms with Crippen molar-refractivity contribution in [2.75, 3.05) is 0 Å². The van der Waals surface area contributed by atoms with Gasteiger partial charge in [0.25, 0.3) is 0 Å². The highest BCUT2D eigenvalue weighted by Gasteiger charge is 2.59. The number of aliphatic hydroxyl groups is 1. The monoisotopic (exact) mass is 477 g/mol. The third-order valence-electron chi connectivity index (χ3n) is 11.8. The number of fused-ring (bicyclic) bond motifs is 5. The number of rotatable bonds is 6. The number of hydrogen-bond donors (Lipinski definition) is 2. The largest absolute Gasteiger partial charge is 0.393 e. The lowest BCUT2D eigenvalue weighted by Gasteiger charge is -2.58. The zero-order valence-electron chi connectivity index (χ0n) is 23.1. The first kappa shape index (κ1) is 25.4. The molecule has 3 fully saturated rings. The van der Waals surface area contributed by atoms with E-state index in [9.17, 15) is 5.11 Å². The van der Waals surface area contributed by atoms with Gasteiger partial charge in [0.15, 0.2) is 0 Å². The molecule has 3 saturated carbocycles. The molecule has 2 heteroatoms. The van der Waals surface area contributed by atoms with Gasteiger partial charge >= 0.3 is 0 Å². The Morgan fingerprint density at radius 3 is 2.60 bits per heavy atom. The van der Waals surface area contributed by atoms with Gasteiger partial charge in [-0.1, -0.05) is 58.4 Å². The van der Waals surface area contributed by atoms with Gasteiger partial charge in [0.05, 0.1) is 6.10 Å². The summed E-state index contributed by atoms with van der Waals surface area (Å²) in [5, 5.41) is 13.9. The van der Waals surface area contributed by atoms with E-state index in [4.69, 9.17) is 0 Å². The summed E-state index contributed by atoms with van der Waals surface area (Å²) < 4.78 is 0. The smallest absolute Gasteiger partial charge is 0.0577 e. The molecule has 2 N–H and O–H groups in total. The highest BCUT2D eigenvalue weighted by atomic mass is 16.3. The minimum Gasteiger partial charge on any atom is -0.393 e. The molecule has 1 heterocycles. The molecule has 2 nitrogen and oxygen atoms in total. The Balaban J connectivity index is 1.27. The maximum Gasteiger partial charge on any atom is 0.0577 e. The van der Waals surface area contributed by atoms with Crippen LogP contribution in [-0.2, 0) is 0 Å². The van der Waals surface area contributed by atoms with Crippen LogP contribution in [0.1, 0.15) is 98.8 Å². The average Bonchev–Trinajstić information content (AvgIpc) is 2.98. The van der Waals surface area contributed by atoms with E-state index in [-0.39, 0.29) is 6.10 Å². The second kappa shape index (κ2) is 9.88. The van der Waals surface area contributed by atoms with E-state index in [0.29, 0.717) is 22.7 Å². The van der Waals surface area contributed by atoms with Gasteiger partial charge in [-0.25, -0.2) is 0 Å². The molecule has 194 valence electrons. The summed E-state index contributed by atoms with van der Waals surface area (Å²) in [5.41, 5.74) is 3.88. The van der Waals surface area contributed by atoms with Crippen LogP contribution in [0, 0.1) is 52.3 Å². The molecule has 0 saturated heterocycles. The highest BCUT2D eigenvalue weighted by Crippen LogP contribution is 2.67. The molecule has 0 radical (unpaired) electrons. The Bertz CT molecular complexity index is 895. The van der Waals surface area contributed by atoms with Crippen LogP contribution in [-0.4, -0.2) is 11.2 Å². The van der Waals surface area contributed by atoms with Crippen molar-refractivity contribution in [1.82, 2.24) is 5.32 Å². The van der Waals surface area contributed by atoms with Gasteiger partial charge in [0.2, 0.25) is 0 Å². The van der Waals surface area contributed by atoms with E-state index in [1.165, 1.54) is 57.1 Å². The maximum atomic E-state index is 10.3. The highest BCUT2D eigenvalue weighted by molar-refractivity contribution is 5.26. The summed E-state index contributed by atoms with van der Waals surface area (Å²) in [5.74, 6) is 5.56. The lowest BCUT2D eigenvalue weighted by molar-refractivity contribution is -0.0574. The van der Waals surface area contributed by atoms with Gasteiger partial charge in [0.1, 0.15) is 0 Å². The number of allylic oxidation sites excluding steroid dienone is 6. The van der Waals surface area contributed by atoms with Gasteiger partial charge in [-0.15, -0.1) is 0 Å². The standard InChI is InChI=1S/C33H51NO/c1-22(2)26(31-9-7-6-8-20-34-31)12-10-23(3)28-14-15-29-27-13-11-24-21-25(35)16-18-32(24,4)30(27)17-19-33(28,29)5/h6-9,11,20,22-23,25-30,34-35H,10,12-19,21H2,1-5H3/t23-,25+,26?,27+,28-,29+,30+,32+,33-/m1/s1. The van der Waals surface area contributed by atoms with E-state index in [1.54, 1.807) is 5.57 Å². The molecule has 0 spiro atoms. The van der Waals surface area contributed by atoms with Crippen LogP contribution < -0.4 is 5.32 Å². The second-order valence-electron chi connectivity index (χ2n) is 13.8. The Morgan fingerprint density at radius 1 is 0.971 bits per heavy atom. The SMILES string of the molecule is CC(C)C(CC[C@@H](C)[C@H]1CC[C@H]2[C@@H]3CC=C4C[C@@H](O)CC[C@]4(C)[C@H]3CC[C@]12C)C1=CC=CC=CN1. The van der Waals surface area contributed by atoms with Gasteiger partial charge in [-0.3, -0.25) is 0 Å². The summed E-state index contributed by atoms with van der Waals surface area (Å²) in [4.78, 5) is 0. The lowest BCUT2D eigenvalue weighted by atomic mass is 9.47. The van der Waals surface area contributed by atoms with Crippen LogP contribution in [0.4, 0.5) is 0 Å². The molecular weight excluding hydrogens is 426 g/mol. The molecular formula is C33H51NO. The van der Waals surface area contributed by atoms with Gasteiger partial charge in [-0.05, 0) is 123 Å². The third-order valence-corrected chi connectivity index (χ3v) is 11.8. The minimum atomic E-state index is -0.0953. The van der Waals surface area contributed by atoms with Crippen LogP contribution in [0.2, 0.25) is 0 Å². The Kier molecular flexibility index (Phi) is 7.16. The number of hydrogen-bond acceptors (Lipinski definition) is 2. The van der Waals surface area contributed by atoms with Crippen molar-refractivity contribution in [2.24, 2.45) is 52.3 Å². The third kappa shape index (κ3) is 4.51. The fraction of sp³-hybridized carbons (Fsp3) is 0.758. The minimum absolute atomic E-state index is 0.0953. The quantitative estimate of drug-likeness (QED) is 0.378. The van der Waals surface area contributed by atoms with Crippen molar-refractivity contribution in [2.45, 2.75) is 105 Å². The molecule has 1 aliphatic heterocycles. The van der Waals surface area contributed by atoms with Crippen molar-refractivity contribution in [3.8, 4) is 0 Å². The maximum absolute atomic E-state index is 10.3. The average molecular weight is 478 g/mol. The fourth-order valence-corrected chi connectivity index (χ4v) is 9.81. The van der Waals surface area contributed by atoms with Gasteiger partial charge < -0.3 is 10.4 Å². The van der Waals surface area contributed by atoms with Crippen molar-refractivity contribution in [3.63, 3.8) is 0 Å². The summed E-state index contributed by atoms with van der Waals surface area (Å²) in [6.07, 6.45) is 26.1. The summed E-state index contributed by atoms with van der Waals surface area (Å²) in [7, 11) is 0. The Hall–Kier alpha value is -1.28. The first-order valence-electron chi connectivity index (χ1n) is 14.9. The number of nitrogens with one attached hydrogen (secondary N) is 1. The van der Waals surface area contributed by atoms with Crippen molar-refractivity contribution in [1.29, 1.82) is 0 Å². The second-order valence-corrected chi connectivity index (χ2v) is 13.8. The van der Waals surface area contributed by atoms with Crippen LogP contribution in [0.25, 0.3) is 0 Å². The van der Waals surface area contributed by atoms with Crippen molar-refractivity contribution in [3.05, 3.63) is 47.9 Å². The van der Waals surface area contributed by atoms with Crippen LogP contribution in [0.3, 0.4) is 0 Å². The van der Waals surface area contributed by atoms with E-state index in [1.807, 2.05) is 0 Å². The summed E-state index contributed by atoms with van der Waals surface area (Å²) in [6, 6.07) is 0. The molecule has 4 aliphatic carbocycles. The molecule has 0 bridgehead atoms. The summed E-state index contributed by atoms with van der Waals surface area (Å²) in [6.45, 7) is 12.6. The number of aliphatic hydroxyl groups excluding tert-OH is 1. The van der Waals surface area contributed by atoms with E-state index < -0.39 is 0 Å². The van der Waals surface area contributed by atoms with Crippen LogP contribution >= 0.6 is 0 Å².